The van der Waals surface area contributed by atoms with E-state index in [0.717, 1.165) is 17.5 Å². The van der Waals surface area contributed by atoms with Gasteiger partial charge in [-0.2, -0.15) is 0 Å². The third kappa shape index (κ3) is 7.45. The smallest absolute Gasteiger partial charge is 0.251 e. The lowest BCUT2D eigenvalue weighted by Crippen LogP contribution is -2.47. The average Bonchev–Trinajstić information content (AvgIpc) is 3.25. The van der Waals surface area contributed by atoms with Gasteiger partial charge in [0.25, 0.3) is 5.91 Å². The van der Waals surface area contributed by atoms with Crippen LogP contribution < -0.4 is 10.1 Å². The number of amides is 1. The van der Waals surface area contributed by atoms with Crippen LogP contribution in [0.2, 0.25) is 0 Å². The van der Waals surface area contributed by atoms with E-state index in [1.807, 2.05) is 66.7 Å². The Morgan fingerprint density at radius 3 is 2.59 bits per heavy atom. The number of aliphatic hydroxyl groups is 1. The van der Waals surface area contributed by atoms with Crippen LogP contribution in [0.5, 0.6) is 5.75 Å². The minimum absolute atomic E-state index is 0.0986. The van der Waals surface area contributed by atoms with Crippen LogP contribution in [0.25, 0.3) is 6.08 Å². The molecule has 6 heteroatoms. The fourth-order valence-electron chi connectivity index (χ4n) is 3.53. The summed E-state index contributed by atoms with van der Waals surface area (Å²) in [5.74, 6) is 1.06. The molecule has 34 heavy (non-hydrogen) atoms. The van der Waals surface area contributed by atoms with Gasteiger partial charge in [0.05, 0.1) is 6.61 Å². The number of benzene rings is 2. The fourth-order valence-corrected chi connectivity index (χ4v) is 3.53. The number of aliphatic hydroxyl groups excluding tert-OH is 1. The predicted octanol–water partition coefficient (Wildman–Crippen LogP) is 4.62. The van der Waals surface area contributed by atoms with Crippen molar-refractivity contribution in [3.63, 3.8) is 0 Å². The van der Waals surface area contributed by atoms with Crippen LogP contribution in [0.15, 0.2) is 65.7 Å². The van der Waals surface area contributed by atoms with Gasteiger partial charge in [-0.3, -0.25) is 4.79 Å². The van der Waals surface area contributed by atoms with Gasteiger partial charge in [0.2, 0.25) is 5.90 Å². The zero-order valence-corrected chi connectivity index (χ0v) is 20.4. The highest BCUT2D eigenvalue weighted by Gasteiger charge is 2.43. The SMILES string of the molecule is CC(C)(C)CCNC(=O)[C@@]1(C/C=C/c2ccccc2)COC(c2ccc(OCCCO)cc2)=N1. The summed E-state index contributed by atoms with van der Waals surface area (Å²) in [5, 5.41) is 12.0. The van der Waals surface area contributed by atoms with Crippen LogP contribution in [0.3, 0.4) is 0 Å². The van der Waals surface area contributed by atoms with Crippen molar-refractivity contribution in [2.45, 2.75) is 45.6 Å². The van der Waals surface area contributed by atoms with Crippen molar-refractivity contribution in [3.8, 4) is 5.75 Å². The number of nitrogens with zero attached hydrogens (tertiary/aromatic N) is 1. The van der Waals surface area contributed by atoms with Gasteiger partial charge >= 0.3 is 0 Å². The lowest BCUT2D eigenvalue weighted by molar-refractivity contribution is -0.126. The Labute approximate surface area is 202 Å². The second-order valence-electron chi connectivity index (χ2n) is 9.77. The molecule has 1 heterocycles. The van der Waals surface area contributed by atoms with E-state index in [2.05, 4.69) is 26.1 Å². The number of carbonyl (C=O) groups is 1. The van der Waals surface area contributed by atoms with E-state index in [9.17, 15) is 4.79 Å². The van der Waals surface area contributed by atoms with Crippen molar-refractivity contribution in [1.29, 1.82) is 0 Å². The highest BCUT2D eigenvalue weighted by molar-refractivity contribution is 6.00. The molecule has 1 aliphatic rings. The van der Waals surface area contributed by atoms with Crippen molar-refractivity contribution in [1.82, 2.24) is 5.32 Å². The Balaban J connectivity index is 1.76. The van der Waals surface area contributed by atoms with Gasteiger partial charge in [-0.15, -0.1) is 0 Å². The second kappa shape index (κ2) is 11.8. The maximum absolute atomic E-state index is 13.3. The molecule has 1 aliphatic heterocycles. The Hall–Kier alpha value is -3.12. The molecule has 6 nitrogen and oxygen atoms in total. The van der Waals surface area contributed by atoms with Gasteiger partial charge in [-0.25, -0.2) is 4.99 Å². The molecule has 0 aliphatic carbocycles. The number of aliphatic imine (C=N–C) groups is 1. The lowest BCUT2D eigenvalue weighted by Gasteiger charge is -2.23. The first kappa shape index (κ1) is 25.5. The van der Waals surface area contributed by atoms with Gasteiger partial charge in [-0.1, -0.05) is 63.3 Å². The minimum atomic E-state index is -1.01. The van der Waals surface area contributed by atoms with Crippen LogP contribution in [0.1, 0.15) is 51.2 Å². The molecule has 0 unspecified atom stereocenters. The van der Waals surface area contributed by atoms with Crippen molar-refractivity contribution < 1.29 is 19.4 Å². The van der Waals surface area contributed by atoms with Gasteiger partial charge in [0, 0.05) is 31.6 Å². The van der Waals surface area contributed by atoms with Gasteiger partial charge < -0.3 is 19.9 Å². The van der Waals surface area contributed by atoms with Gasteiger partial charge in [0.1, 0.15) is 12.4 Å². The van der Waals surface area contributed by atoms with Crippen LogP contribution in [-0.4, -0.2) is 48.8 Å². The van der Waals surface area contributed by atoms with Crippen LogP contribution in [0, 0.1) is 5.41 Å². The average molecular weight is 465 g/mol. The molecule has 2 N–H and O–H groups in total. The summed E-state index contributed by atoms with van der Waals surface area (Å²) in [4.78, 5) is 18.1. The van der Waals surface area contributed by atoms with E-state index in [0.29, 0.717) is 37.6 Å². The third-order valence-corrected chi connectivity index (χ3v) is 5.58. The summed E-state index contributed by atoms with van der Waals surface area (Å²) in [6, 6.07) is 17.4. The normalized spacial score (nSPS) is 17.9. The van der Waals surface area contributed by atoms with E-state index in [1.54, 1.807) is 0 Å². The maximum atomic E-state index is 13.3. The van der Waals surface area contributed by atoms with Crippen molar-refractivity contribution in [3.05, 3.63) is 71.8 Å². The highest BCUT2D eigenvalue weighted by atomic mass is 16.5. The predicted molar refractivity (Wildman–Crippen MR) is 136 cm³/mol. The molecule has 0 saturated carbocycles. The molecule has 2 aromatic carbocycles. The first-order valence-corrected chi connectivity index (χ1v) is 11.9. The zero-order chi connectivity index (χ0) is 24.4. The Morgan fingerprint density at radius 1 is 1.18 bits per heavy atom. The molecular formula is C28H36N2O4. The van der Waals surface area contributed by atoms with Crippen molar-refractivity contribution >= 4 is 17.9 Å². The molecule has 1 atom stereocenters. The molecule has 182 valence electrons. The number of rotatable bonds is 11. The highest BCUT2D eigenvalue weighted by Crippen LogP contribution is 2.28. The van der Waals surface area contributed by atoms with E-state index < -0.39 is 5.54 Å². The molecule has 0 saturated heterocycles. The Kier molecular flexibility index (Phi) is 8.88. The molecule has 3 rings (SSSR count). The van der Waals surface area contributed by atoms with E-state index in [4.69, 9.17) is 19.6 Å². The molecule has 2 aromatic rings. The first-order chi connectivity index (χ1) is 16.3. The number of hydrogen-bond acceptors (Lipinski definition) is 5. The molecule has 0 spiro atoms. The molecule has 0 fully saturated rings. The van der Waals surface area contributed by atoms with Crippen LogP contribution >= 0.6 is 0 Å². The zero-order valence-electron chi connectivity index (χ0n) is 20.4. The third-order valence-electron chi connectivity index (χ3n) is 5.58. The summed E-state index contributed by atoms with van der Waals surface area (Å²) in [6.45, 7) is 7.81. The van der Waals surface area contributed by atoms with Gasteiger partial charge in [-0.05, 0) is 41.7 Å². The largest absolute Gasteiger partial charge is 0.494 e. The molecule has 0 radical (unpaired) electrons. The summed E-state index contributed by atoms with van der Waals surface area (Å²) in [6.07, 6.45) is 5.91. The molecule has 1 amide bonds. The van der Waals surface area contributed by atoms with E-state index in [-0.39, 0.29) is 24.5 Å². The molecule has 0 aromatic heterocycles. The maximum Gasteiger partial charge on any atom is 0.251 e. The quantitative estimate of drug-likeness (QED) is 0.476. The van der Waals surface area contributed by atoms with Crippen LogP contribution in [0.4, 0.5) is 0 Å². The Morgan fingerprint density at radius 2 is 1.91 bits per heavy atom. The summed E-state index contributed by atoms with van der Waals surface area (Å²) >= 11 is 0. The number of carbonyl (C=O) groups excluding carboxylic acids is 1. The van der Waals surface area contributed by atoms with E-state index >= 15 is 0 Å². The summed E-state index contributed by atoms with van der Waals surface area (Å²) < 4.78 is 11.5. The number of ether oxygens (including phenoxy) is 2. The lowest BCUT2D eigenvalue weighted by atomic mass is 9.91. The van der Waals surface area contributed by atoms with Crippen molar-refractivity contribution in [2.24, 2.45) is 10.4 Å². The fraction of sp³-hybridized carbons (Fsp3) is 0.429. The molecular weight excluding hydrogens is 428 g/mol. The minimum Gasteiger partial charge on any atom is -0.494 e. The number of hydrogen-bond donors (Lipinski definition) is 2. The second-order valence-corrected chi connectivity index (χ2v) is 9.77. The first-order valence-electron chi connectivity index (χ1n) is 11.9. The monoisotopic (exact) mass is 464 g/mol. The van der Waals surface area contributed by atoms with Gasteiger partial charge in [0.15, 0.2) is 5.54 Å². The Bertz CT molecular complexity index is 978. The standard InChI is InChI=1S/C28H36N2O4/c1-27(2,3)17-18-29-26(32)28(16-7-11-22-9-5-4-6-10-22)21-34-25(30-28)23-12-14-24(15-13-23)33-20-8-19-31/h4-7,9-15,31H,8,16-21H2,1-3H3,(H,29,32)/b11-7+/t28-/m1/s1. The number of nitrogens with one attached hydrogen (secondary N) is 1. The van der Waals surface area contributed by atoms with E-state index in [1.165, 1.54) is 0 Å². The van der Waals surface area contributed by atoms with Crippen molar-refractivity contribution in [2.75, 3.05) is 26.4 Å². The summed E-state index contributed by atoms with van der Waals surface area (Å²) in [5.41, 5.74) is 1.00. The van der Waals surface area contributed by atoms with Crippen LogP contribution in [-0.2, 0) is 9.53 Å². The summed E-state index contributed by atoms with van der Waals surface area (Å²) in [7, 11) is 0. The topological polar surface area (TPSA) is 80.2 Å². The molecule has 0 bridgehead atoms.